The van der Waals surface area contributed by atoms with Crippen LogP contribution in [0.15, 0.2) is 18.2 Å². The van der Waals surface area contributed by atoms with E-state index in [-0.39, 0.29) is 0 Å². The van der Waals surface area contributed by atoms with Gasteiger partial charge in [-0.15, -0.1) is 0 Å². The second-order valence-electron chi connectivity index (χ2n) is 5.22. The molecule has 0 bridgehead atoms. The Morgan fingerprint density at radius 3 is 2.68 bits per heavy atom. The van der Waals surface area contributed by atoms with E-state index in [1.807, 2.05) is 12.1 Å². The molecule has 1 saturated heterocycles. The molecule has 1 aromatic carbocycles. The first kappa shape index (κ1) is 12.6. The molecular weight excluding hydrogens is 264 g/mol. The number of hydrogen-bond acceptors (Lipinski definition) is 2. The number of halogens is 1. The van der Waals surface area contributed by atoms with E-state index in [4.69, 9.17) is 16.7 Å². The molecule has 0 aromatic heterocycles. The van der Waals surface area contributed by atoms with Crippen molar-refractivity contribution >= 4 is 23.4 Å². The van der Waals surface area contributed by atoms with Crippen molar-refractivity contribution in [3.8, 4) is 0 Å². The molecule has 5 heteroatoms. The second-order valence-corrected chi connectivity index (χ2v) is 5.65. The maximum atomic E-state index is 10.9. The SMILES string of the molecule is O=C(O)N1CCC(N2CCc3cc(Cl)ccc32)CC1. The molecule has 0 unspecified atom stereocenters. The maximum absolute atomic E-state index is 10.9. The van der Waals surface area contributed by atoms with Crippen molar-refractivity contribution in [1.82, 2.24) is 4.90 Å². The first-order chi connectivity index (χ1) is 9.15. The standard InChI is InChI=1S/C14H17ClN2O2/c15-11-1-2-13-10(9-11)3-8-17(13)12-4-6-16(7-5-12)14(18)19/h1-2,9,12H,3-8H2,(H,18,19). The summed E-state index contributed by atoms with van der Waals surface area (Å²) >= 11 is 6.02. The van der Waals surface area contributed by atoms with Crippen LogP contribution in [0.5, 0.6) is 0 Å². The monoisotopic (exact) mass is 280 g/mol. The predicted octanol–water partition coefficient (Wildman–Crippen LogP) is 2.84. The highest BCUT2D eigenvalue weighted by molar-refractivity contribution is 6.30. The normalized spacial score (nSPS) is 19.6. The van der Waals surface area contributed by atoms with Crippen molar-refractivity contribution in [2.75, 3.05) is 24.5 Å². The molecule has 1 N–H and O–H groups in total. The summed E-state index contributed by atoms with van der Waals surface area (Å²) in [6, 6.07) is 6.53. The summed E-state index contributed by atoms with van der Waals surface area (Å²) < 4.78 is 0. The fourth-order valence-electron chi connectivity index (χ4n) is 3.14. The molecule has 4 nitrogen and oxygen atoms in total. The Labute approximate surface area is 117 Å². The Morgan fingerprint density at radius 2 is 2.00 bits per heavy atom. The number of nitrogens with zero attached hydrogens (tertiary/aromatic N) is 2. The van der Waals surface area contributed by atoms with Gasteiger partial charge in [0.25, 0.3) is 0 Å². The molecule has 1 fully saturated rings. The lowest BCUT2D eigenvalue weighted by Gasteiger charge is -2.37. The molecule has 0 aliphatic carbocycles. The van der Waals surface area contributed by atoms with Crippen molar-refractivity contribution < 1.29 is 9.90 Å². The van der Waals surface area contributed by atoms with Gasteiger partial charge in [-0.2, -0.15) is 0 Å². The molecule has 0 atom stereocenters. The Hall–Kier alpha value is -1.42. The molecule has 19 heavy (non-hydrogen) atoms. The fraction of sp³-hybridized carbons (Fsp3) is 0.500. The largest absolute Gasteiger partial charge is 0.465 e. The molecule has 1 aromatic rings. The zero-order valence-corrected chi connectivity index (χ0v) is 11.4. The Balaban J connectivity index is 1.71. The van der Waals surface area contributed by atoms with Gasteiger partial charge < -0.3 is 14.9 Å². The zero-order chi connectivity index (χ0) is 13.4. The number of carbonyl (C=O) groups is 1. The van der Waals surface area contributed by atoms with Crippen LogP contribution in [0.3, 0.4) is 0 Å². The quantitative estimate of drug-likeness (QED) is 0.860. The van der Waals surface area contributed by atoms with Gasteiger partial charge in [-0.05, 0) is 43.0 Å². The molecule has 0 spiro atoms. The molecular formula is C14H17ClN2O2. The van der Waals surface area contributed by atoms with Crippen molar-refractivity contribution in [3.05, 3.63) is 28.8 Å². The van der Waals surface area contributed by atoms with Gasteiger partial charge in [0.15, 0.2) is 0 Å². The zero-order valence-electron chi connectivity index (χ0n) is 10.7. The van der Waals surface area contributed by atoms with Crippen LogP contribution < -0.4 is 4.90 Å². The molecule has 102 valence electrons. The van der Waals surface area contributed by atoms with Crippen molar-refractivity contribution in [1.29, 1.82) is 0 Å². The first-order valence-electron chi connectivity index (χ1n) is 6.68. The van der Waals surface area contributed by atoms with Gasteiger partial charge in [0, 0.05) is 36.4 Å². The minimum Gasteiger partial charge on any atom is -0.465 e. The van der Waals surface area contributed by atoms with E-state index >= 15 is 0 Å². The average Bonchev–Trinajstić information content (AvgIpc) is 2.81. The van der Waals surface area contributed by atoms with Gasteiger partial charge in [-0.1, -0.05) is 11.6 Å². The lowest BCUT2D eigenvalue weighted by molar-refractivity contribution is 0.131. The van der Waals surface area contributed by atoms with E-state index in [0.29, 0.717) is 19.1 Å². The highest BCUT2D eigenvalue weighted by atomic mass is 35.5. The molecule has 2 aliphatic heterocycles. The summed E-state index contributed by atoms with van der Waals surface area (Å²) in [7, 11) is 0. The number of hydrogen-bond donors (Lipinski definition) is 1. The smallest absolute Gasteiger partial charge is 0.407 e. The summed E-state index contributed by atoms with van der Waals surface area (Å²) in [4.78, 5) is 14.8. The van der Waals surface area contributed by atoms with Crippen molar-refractivity contribution in [3.63, 3.8) is 0 Å². The van der Waals surface area contributed by atoms with E-state index in [0.717, 1.165) is 30.8 Å². The average molecular weight is 281 g/mol. The third-order valence-corrected chi connectivity index (χ3v) is 4.38. The number of anilines is 1. The van der Waals surface area contributed by atoms with Crippen LogP contribution in [-0.2, 0) is 6.42 Å². The predicted molar refractivity (Wildman–Crippen MR) is 75.1 cm³/mol. The van der Waals surface area contributed by atoms with E-state index in [1.165, 1.54) is 16.2 Å². The van der Waals surface area contributed by atoms with E-state index in [9.17, 15) is 4.79 Å². The lowest BCUT2D eigenvalue weighted by Crippen LogP contribution is -2.46. The van der Waals surface area contributed by atoms with Crippen LogP contribution in [0, 0.1) is 0 Å². The Bertz CT molecular complexity index is 498. The Kier molecular flexibility index (Phi) is 3.27. The van der Waals surface area contributed by atoms with Crippen LogP contribution >= 0.6 is 11.6 Å². The fourth-order valence-corrected chi connectivity index (χ4v) is 3.34. The van der Waals surface area contributed by atoms with Gasteiger partial charge in [-0.25, -0.2) is 4.79 Å². The first-order valence-corrected chi connectivity index (χ1v) is 7.06. The van der Waals surface area contributed by atoms with Crippen LogP contribution in [0.1, 0.15) is 18.4 Å². The minimum absolute atomic E-state index is 0.457. The Morgan fingerprint density at radius 1 is 1.26 bits per heavy atom. The summed E-state index contributed by atoms with van der Waals surface area (Å²) in [6.45, 7) is 2.30. The number of carboxylic acid groups (broad SMARTS) is 1. The van der Waals surface area contributed by atoms with Crippen LogP contribution in [0.2, 0.25) is 5.02 Å². The number of amides is 1. The maximum Gasteiger partial charge on any atom is 0.407 e. The van der Waals surface area contributed by atoms with Crippen LogP contribution in [-0.4, -0.2) is 41.8 Å². The number of piperidine rings is 1. The van der Waals surface area contributed by atoms with Gasteiger partial charge in [-0.3, -0.25) is 0 Å². The molecule has 0 saturated carbocycles. The van der Waals surface area contributed by atoms with E-state index < -0.39 is 6.09 Å². The lowest BCUT2D eigenvalue weighted by atomic mass is 10.0. The van der Waals surface area contributed by atoms with Crippen LogP contribution in [0.25, 0.3) is 0 Å². The second kappa shape index (κ2) is 4.93. The summed E-state index contributed by atoms with van der Waals surface area (Å²) in [5.41, 5.74) is 2.59. The van der Waals surface area contributed by atoms with Crippen LogP contribution in [0.4, 0.5) is 10.5 Å². The number of rotatable bonds is 1. The summed E-state index contributed by atoms with van der Waals surface area (Å²) in [6.07, 6.45) is 2.06. The number of fused-ring (bicyclic) bond motifs is 1. The van der Waals surface area contributed by atoms with Gasteiger partial charge in [0.1, 0.15) is 0 Å². The third kappa shape index (κ3) is 2.37. The molecule has 3 rings (SSSR count). The highest BCUT2D eigenvalue weighted by Crippen LogP contribution is 2.34. The number of benzene rings is 1. The van der Waals surface area contributed by atoms with Crippen molar-refractivity contribution in [2.45, 2.75) is 25.3 Å². The number of likely N-dealkylation sites (tertiary alicyclic amines) is 1. The molecule has 1 amide bonds. The van der Waals surface area contributed by atoms with Gasteiger partial charge >= 0.3 is 6.09 Å². The third-order valence-electron chi connectivity index (χ3n) is 4.15. The van der Waals surface area contributed by atoms with E-state index in [1.54, 1.807) is 0 Å². The molecule has 2 aliphatic rings. The summed E-state index contributed by atoms with van der Waals surface area (Å²) in [5.74, 6) is 0. The topological polar surface area (TPSA) is 43.8 Å². The van der Waals surface area contributed by atoms with E-state index in [2.05, 4.69) is 11.0 Å². The summed E-state index contributed by atoms with van der Waals surface area (Å²) in [5, 5.41) is 9.77. The van der Waals surface area contributed by atoms with Crippen molar-refractivity contribution in [2.24, 2.45) is 0 Å². The molecule has 2 heterocycles. The van der Waals surface area contributed by atoms with Gasteiger partial charge in [0.2, 0.25) is 0 Å². The minimum atomic E-state index is -0.799. The molecule has 0 radical (unpaired) electrons. The highest BCUT2D eigenvalue weighted by Gasteiger charge is 2.30. The van der Waals surface area contributed by atoms with Gasteiger partial charge in [0.05, 0.1) is 0 Å².